The van der Waals surface area contributed by atoms with Gasteiger partial charge < -0.3 is 59.1 Å². The lowest BCUT2D eigenvalue weighted by atomic mass is 10.1. The fourth-order valence-corrected chi connectivity index (χ4v) is 6.74. The first-order chi connectivity index (χ1) is 32.2. The lowest BCUT2D eigenvalue weighted by Gasteiger charge is -2.20. The number of amides is 2. The molecule has 6 aromatic rings. The molecule has 0 aliphatic heterocycles. The summed E-state index contributed by atoms with van der Waals surface area (Å²) in [5, 5.41) is 54.8. The molecule has 0 fully saturated rings. The highest BCUT2D eigenvalue weighted by atomic mass is 16.5. The minimum atomic E-state index is -2.19. The third kappa shape index (κ3) is 13.1. The van der Waals surface area contributed by atoms with Crippen LogP contribution in [-0.2, 0) is 9.59 Å². The molecule has 0 saturated heterocycles. The summed E-state index contributed by atoms with van der Waals surface area (Å²) in [7, 11) is 0. The Kier molecular flexibility index (Phi) is 16.3. The first-order valence-electron chi connectivity index (χ1n) is 21.7. The van der Waals surface area contributed by atoms with Crippen molar-refractivity contribution >= 4 is 11.8 Å². The summed E-state index contributed by atoms with van der Waals surface area (Å²) in [4.78, 5) is 51.6. The zero-order valence-corrected chi connectivity index (χ0v) is 39.4. The van der Waals surface area contributed by atoms with Crippen LogP contribution in [0.25, 0.3) is 45.9 Å². The van der Waals surface area contributed by atoms with Gasteiger partial charge in [-0.25, -0.2) is 9.97 Å². The van der Waals surface area contributed by atoms with Crippen molar-refractivity contribution in [1.82, 2.24) is 50.9 Å². The molecule has 4 unspecified atom stereocenters. The molecule has 362 valence electrons. The number of hydrogen-bond donors (Lipinski definition) is 6. The van der Waals surface area contributed by atoms with E-state index in [4.69, 9.17) is 28.0 Å². The molecular formula is C46H56N10O12. The molecule has 0 bridgehead atoms. The van der Waals surface area contributed by atoms with Gasteiger partial charge in [0.25, 0.3) is 23.6 Å². The van der Waals surface area contributed by atoms with Crippen molar-refractivity contribution in [2.75, 3.05) is 26.3 Å². The minimum absolute atomic E-state index is 0.123. The van der Waals surface area contributed by atoms with Crippen LogP contribution in [0.4, 0.5) is 0 Å². The molecule has 4 aromatic heterocycles. The molecule has 4 heterocycles. The maximum absolute atomic E-state index is 12.6. The molecule has 0 saturated carbocycles. The molecule has 0 aliphatic rings. The van der Waals surface area contributed by atoms with Gasteiger partial charge >= 0.3 is 12.0 Å². The Morgan fingerprint density at radius 1 is 0.544 bits per heavy atom. The normalized spacial score (nSPS) is 13.2. The zero-order valence-electron chi connectivity index (χ0n) is 39.4. The highest BCUT2D eigenvalue weighted by molar-refractivity contribution is 5.90. The first kappa shape index (κ1) is 50.3. The van der Waals surface area contributed by atoms with Gasteiger partial charge in [-0.3, -0.25) is 9.59 Å². The average Bonchev–Trinajstić information content (AvgIpc) is 3.97. The highest BCUT2D eigenvalue weighted by Gasteiger charge is 2.31. The third-order valence-corrected chi connectivity index (χ3v) is 9.78. The van der Waals surface area contributed by atoms with E-state index in [2.05, 4.69) is 50.9 Å². The van der Waals surface area contributed by atoms with E-state index in [1.165, 1.54) is 0 Å². The molecule has 0 spiro atoms. The molecule has 22 heteroatoms. The predicted molar refractivity (Wildman–Crippen MR) is 243 cm³/mol. The first-order valence-corrected chi connectivity index (χ1v) is 21.7. The van der Waals surface area contributed by atoms with E-state index in [0.717, 1.165) is 0 Å². The Bertz CT molecular complexity index is 2490. The SMILES string of the molecule is Cc1cc(-c2nc(-c3cc(C)c(OCC(O)CNC(=O)C(O)C(O)C(=O)NCC(O)COc4c(C)cc(-c5noc(-c6cc(C)nc(OC(C)C)n6)n5)cc4C)c(C)c3)no2)nc(OC(C)C)n1. The van der Waals surface area contributed by atoms with Crippen LogP contribution >= 0.6 is 0 Å². The van der Waals surface area contributed by atoms with Gasteiger partial charge in [0.15, 0.2) is 12.2 Å². The van der Waals surface area contributed by atoms with Crippen LogP contribution in [0.5, 0.6) is 23.5 Å². The lowest BCUT2D eigenvalue weighted by Crippen LogP contribution is -2.52. The second-order valence-corrected chi connectivity index (χ2v) is 16.7. The second kappa shape index (κ2) is 22.1. The number of aliphatic hydroxyl groups is 4. The van der Waals surface area contributed by atoms with Gasteiger partial charge in [-0.2, -0.15) is 19.9 Å². The number of nitrogens with one attached hydrogen (secondary N) is 2. The van der Waals surface area contributed by atoms with Crippen molar-refractivity contribution in [2.45, 2.75) is 106 Å². The summed E-state index contributed by atoms with van der Waals surface area (Å²) in [5.41, 5.74) is 6.26. The number of aryl methyl sites for hydroxylation is 6. The molecular weight excluding hydrogens is 885 g/mol. The smallest absolute Gasteiger partial charge is 0.317 e. The Hall–Kier alpha value is -7.14. The van der Waals surface area contributed by atoms with Crippen LogP contribution < -0.4 is 29.6 Å². The number of rotatable bonds is 21. The van der Waals surface area contributed by atoms with Gasteiger partial charge in [-0.1, -0.05) is 10.3 Å². The van der Waals surface area contributed by atoms with Crippen molar-refractivity contribution in [3.05, 3.63) is 70.0 Å². The van der Waals surface area contributed by atoms with Crippen molar-refractivity contribution in [3.8, 4) is 69.5 Å². The number of benzene rings is 2. The maximum Gasteiger partial charge on any atom is 0.317 e. The summed E-state index contributed by atoms with van der Waals surface area (Å²) < 4.78 is 34.0. The summed E-state index contributed by atoms with van der Waals surface area (Å²) >= 11 is 0. The summed E-state index contributed by atoms with van der Waals surface area (Å²) in [6, 6.07) is 11.0. The Morgan fingerprint density at radius 2 is 0.897 bits per heavy atom. The number of aromatic nitrogens is 8. The van der Waals surface area contributed by atoms with Crippen molar-refractivity contribution < 1.29 is 58.0 Å². The molecule has 6 N–H and O–H groups in total. The van der Waals surface area contributed by atoms with Gasteiger partial charge in [0.05, 0.1) is 12.2 Å². The molecule has 0 aliphatic carbocycles. The Morgan fingerprint density at radius 3 is 1.24 bits per heavy atom. The third-order valence-electron chi connectivity index (χ3n) is 9.78. The molecule has 0 radical (unpaired) electrons. The highest BCUT2D eigenvalue weighted by Crippen LogP contribution is 2.32. The van der Waals surface area contributed by atoms with E-state index in [-0.39, 0.29) is 62.3 Å². The zero-order chi connectivity index (χ0) is 49.4. The number of carbonyl (C=O) groups is 2. The van der Waals surface area contributed by atoms with Gasteiger partial charge in [0.2, 0.25) is 11.6 Å². The molecule has 68 heavy (non-hydrogen) atoms. The number of hydrogen-bond acceptors (Lipinski definition) is 20. The fourth-order valence-electron chi connectivity index (χ4n) is 6.74. The minimum Gasteiger partial charge on any atom is -0.490 e. The van der Waals surface area contributed by atoms with E-state index in [1.807, 2.05) is 27.7 Å². The topological polar surface area (TPSA) is 305 Å². The summed E-state index contributed by atoms with van der Waals surface area (Å²) in [5.74, 6) is -0.286. The summed E-state index contributed by atoms with van der Waals surface area (Å²) in [6.07, 6.45) is -7.09. The molecule has 22 nitrogen and oxygen atoms in total. The molecule has 2 amide bonds. The van der Waals surface area contributed by atoms with E-state index >= 15 is 0 Å². The van der Waals surface area contributed by atoms with Gasteiger partial charge in [0, 0.05) is 35.6 Å². The van der Waals surface area contributed by atoms with Crippen LogP contribution in [0.15, 0.2) is 45.4 Å². The van der Waals surface area contributed by atoms with Crippen molar-refractivity contribution in [1.29, 1.82) is 0 Å². The number of nitrogens with zero attached hydrogens (tertiary/aromatic N) is 8. The van der Waals surface area contributed by atoms with E-state index in [1.54, 1.807) is 77.9 Å². The fraction of sp³-hybridized carbons (Fsp3) is 0.435. The Balaban J connectivity index is 0.932. The summed E-state index contributed by atoms with van der Waals surface area (Å²) in [6.45, 7) is 17.1. The second-order valence-electron chi connectivity index (χ2n) is 16.7. The van der Waals surface area contributed by atoms with E-state index in [0.29, 0.717) is 79.3 Å². The lowest BCUT2D eigenvalue weighted by molar-refractivity contribution is -0.146. The number of carbonyl (C=O) groups excluding carboxylic acids is 2. The van der Waals surface area contributed by atoms with Crippen molar-refractivity contribution in [2.24, 2.45) is 0 Å². The van der Waals surface area contributed by atoms with Crippen LogP contribution in [0.2, 0.25) is 0 Å². The largest absolute Gasteiger partial charge is 0.490 e. The van der Waals surface area contributed by atoms with E-state index in [9.17, 15) is 30.0 Å². The van der Waals surface area contributed by atoms with Gasteiger partial charge in [-0.15, -0.1) is 0 Å². The molecule has 2 aromatic carbocycles. The van der Waals surface area contributed by atoms with Crippen LogP contribution in [0, 0.1) is 41.5 Å². The van der Waals surface area contributed by atoms with Gasteiger partial charge in [-0.05, 0) is 128 Å². The molecule has 4 atom stereocenters. The number of ether oxygens (including phenoxy) is 4. The average molecular weight is 941 g/mol. The maximum atomic E-state index is 12.6. The van der Waals surface area contributed by atoms with Crippen LogP contribution in [-0.4, -0.2) is 135 Å². The van der Waals surface area contributed by atoms with Crippen LogP contribution in [0.1, 0.15) is 61.3 Å². The predicted octanol–water partition coefficient (Wildman–Crippen LogP) is 3.26. The van der Waals surface area contributed by atoms with Crippen molar-refractivity contribution in [3.63, 3.8) is 0 Å². The van der Waals surface area contributed by atoms with E-state index < -0.39 is 36.2 Å². The molecule has 6 rings (SSSR count). The van der Waals surface area contributed by atoms with Gasteiger partial charge in [0.1, 0.15) is 48.3 Å². The standard InChI is InChI=1S/C46H56N10O12/c1-21(2)65-45-49-27(9)15-33(51-45)43-53-39(55-67-43)29-11-23(5)37(24(6)12-29)63-19-31(57)17-47-41(61)35(59)36(60)42(62)48-18-32(58)20-64-38-25(7)13-30(14-26(38)8)40-54-44(68-56-40)34-16-28(10)50-46(52-34)66-22(3)4/h11-16,21-22,31-32,35-36,57-60H,17-20H2,1-10H3,(H,47,61)(H,48,62). The van der Waals surface area contributed by atoms with Crippen LogP contribution in [0.3, 0.4) is 0 Å². The monoisotopic (exact) mass is 940 g/mol. The number of aliphatic hydroxyl groups excluding tert-OH is 4. The quantitative estimate of drug-likeness (QED) is 0.0603. The Labute approximate surface area is 391 Å².